The Kier molecular flexibility index (Phi) is 8.89. The first-order valence-corrected chi connectivity index (χ1v) is 19.7. The van der Waals surface area contributed by atoms with Gasteiger partial charge in [0.2, 0.25) is 0 Å². The van der Waals surface area contributed by atoms with E-state index in [-0.39, 0.29) is 57.0 Å². The fraction of sp³-hybridized carbons (Fsp3) is 0.370. The van der Waals surface area contributed by atoms with Crippen LogP contribution in [0.1, 0.15) is 72.0 Å². The molecule has 3 saturated carbocycles. The first-order valence-electron chi connectivity index (χ1n) is 19.7. The standard InChI is InChI=1S/C46H49N3O6/c50-36-18-11-28(20-39(36)53)10-16-33-34-2-1-3-37(51)41(34)43(55)42(54)35(33)17-9-27-4-6-29(7-5-27)23-47-25-45(40-24-48-26-49-40)21-30-8-12-31-13-14-32-15-19-38(52)44(45)46(31,32)22-30/h1-8,10-12,16,18,20,24,26,30-32,38,44,47,50-55H,9,13-15,17,19,21-23,25H2,(H,48,49)/b16-10+/t30-,31+,32+,38-,44-,45+,46+/m1/s1. The van der Waals surface area contributed by atoms with Crippen molar-refractivity contribution in [3.05, 3.63) is 119 Å². The average molecular weight is 740 g/mol. The molecule has 1 heterocycles. The summed E-state index contributed by atoms with van der Waals surface area (Å²) in [6.07, 6.45) is 19.7. The number of hydrogen-bond acceptors (Lipinski definition) is 8. The van der Waals surface area contributed by atoms with Gasteiger partial charge in [-0.15, -0.1) is 0 Å². The number of aromatic amines is 1. The number of hydrogen-bond donors (Lipinski definition) is 8. The third-order valence-electron chi connectivity index (χ3n) is 13.8. The minimum Gasteiger partial charge on any atom is -0.507 e. The molecule has 55 heavy (non-hydrogen) atoms. The van der Waals surface area contributed by atoms with Gasteiger partial charge in [0, 0.05) is 41.9 Å². The predicted molar refractivity (Wildman–Crippen MR) is 213 cm³/mol. The SMILES string of the molecule is Oc1ccc(/C=C/c2c(CCc3ccc(CNC[C@]4(c5cnc[nH]5)C[C@H]5C=C[C@H]6CC[C@H]7CC[C@@H](O)[C@H]4[C@]76C5)cc3)c(O)c(O)c3c(O)cccc23)cc1O. The number of aliphatic hydroxyl groups is 1. The molecule has 0 radical (unpaired) electrons. The highest BCUT2D eigenvalue weighted by Gasteiger charge is 2.67. The van der Waals surface area contributed by atoms with Gasteiger partial charge in [-0.05, 0) is 120 Å². The Hall–Kier alpha value is -5.25. The lowest BCUT2D eigenvalue weighted by molar-refractivity contribution is -0.147. The van der Waals surface area contributed by atoms with E-state index < -0.39 is 0 Å². The molecule has 4 aliphatic carbocycles. The molecule has 3 fully saturated rings. The van der Waals surface area contributed by atoms with Crippen LogP contribution in [0.4, 0.5) is 0 Å². The minimum atomic E-state index is -0.367. The van der Waals surface area contributed by atoms with Crippen LogP contribution in [-0.2, 0) is 24.8 Å². The lowest BCUT2D eigenvalue weighted by Gasteiger charge is -2.64. The fourth-order valence-electron chi connectivity index (χ4n) is 11.6. The van der Waals surface area contributed by atoms with Gasteiger partial charge >= 0.3 is 0 Å². The monoisotopic (exact) mass is 739 g/mol. The molecule has 8 N–H and O–H groups in total. The van der Waals surface area contributed by atoms with E-state index in [0.717, 1.165) is 42.6 Å². The number of benzene rings is 4. The van der Waals surface area contributed by atoms with Gasteiger partial charge in [0.1, 0.15) is 5.75 Å². The van der Waals surface area contributed by atoms with Crippen LogP contribution in [0.2, 0.25) is 0 Å². The van der Waals surface area contributed by atoms with Crippen molar-refractivity contribution in [2.24, 2.45) is 29.1 Å². The summed E-state index contributed by atoms with van der Waals surface area (Å²) >= 11 is 0. The van der Waals surface area contributed by atoms with Crippen molar-refractivity contribution in [2.45, 2.75) is 69.4 Å². The molecule has 0 unspecified atom stereocenters. The molecule has 9 nitrogen and oxygen atoms in total. The zero-order valence-corrected chi connectivity index (χ0v) is 30.8. The number of aryl methyl sites for hydroxylation is 1. The van der Waals surface area contributed by atoms with Crippen LogP contribution >= 0.6 is 0 Å². The predicted octanol–water partition coefficient (Wildman–Crippen LogP) is 7.84. The van der Waals surface area contributed by atoms with Crippen LogP contribution in [0.3, 0.4) is 0 Å². The Labute approximate surface area is 320 Å². The molecule has 9 heteroatoms. The van der Waals surface area contributed by atoms with Gasteiger partial charge < -0.3 is 40.9 Å². The van der Waals surface area contributed by atoms with Crippen molar-refractivity contribution < 1.29 is 30.6 Å². The van der Waals surface area contributed by atoms with Crippen LogP contribution in [0.5, 0.6) is 28.7 Å². The van der Waals surface area contributed by atoms with E-state index in [2.05, 4.69) is 51.7 Å². The van der Waals surface area contributed by atoms with E-state index in [1.54, 1.807) is 36.7 Å². The number of aliphatic hydroxyl groups excluding tert-OH is 1. The summed E-state index contributed by atoms with van der Waals surface area (Å²) in [4.78, 5) is 7.99. The summed E-state index contributed by atoms with van der Waals surface area (Å²) in [5, 5.41) is 69.1. The van der Waals surface area contributed by atoms with E-state index in [4.69, 9.17) is 0 Å². The number of phenols is 5. The van der Waals surface area contributed by atoms with Gasteiger partial charge in [0.05, 0.1) is 17.8 Å². The topological polar surface area (TPSA) is 162 Å². The summed E-state index contributed by atoms with van der Waals surface area (Å²) in [5.74, 6) is 0.621. The quantitative estimate of drug-likeness (QED) is 0.0408. The Morgan fingerprint density at radius 3 is 2.42 bits per heavy atom. The van der Waals surface area contributed by atoms with Crippen LogP contribution in [0, 0.1) is 29.1 Å². The maximum absolute atomic E-state index is 11.9. The van der Waals surface area contributed by atoms with Crippen molar-refractivity contribution in [1.29, 1.82) is 0 Å². The third kappa shape index (κ3) is 5.87. The van der Waals surface area contributed by atoms with Crippen molar-refractivity contribution >= 4 is 22.9 Å². The molecule has 284 valence electrons. The number of aromatic nitrogens is 2. The van der Waals surface area contributed by atoms with Crippen molar-refractivity contribution in [1.82, 2.24) is 15.3 Å². The molecular weight excluding hydrogens is 691 g/mol. The first-order chi connectivity index (χ1) is 26.7. The Morgan fingerprint density at radius 1 is 0.800 bits per heavy atom. The Bertz CT molecular complexity index is 2280. The lowest BCUT2D eigenvalue weighted by atomic mass is 9.41. The van der Waals surface area contributed by atoms with E-state index in [0.29, 0.717) is 59.2 Å². The summed E-state index contributed by atoms with van der Waals surface area (Å²) in [6.45, 7) is 1.44. The number of phenolic OH excluding ortho intramolecular Hbond substituents is 5. The summed E-state index contributed by atoms with van der Waals surface area (Å²) in [5.41, 5.74) is 5.06. The summed E-state index contributed by atoms with van der Waals surface area (Å²) in [7, 11) is 0. The summed E-state index contributed by atoms with van der Waals surface area (Å²) in [6, 6.07) is 17.9. The minimum absolute atomic E-state index is 0.141. The molecule has 7 atom stereocenters. The van der Waals surface area contributed by atoms with Gasteiger partial charge in [-0.3, -0.25) is 0 Å². The molecule has 0 aliphatic heterocycles. The molecule has 0 saturated heterocycles. The van der Waals surface area contributed by atoms with Gasteiger partial charge in [-0.25, -0.2) is 4.98 Å². The zero-order chi connectivity index (χ0) is 37.9. The fourth-order valence-corrected chi connectivity index (χ4v) is 11.6. The number of imidazole rings is 1. The molecule has 1 aromatic heterocycles. The van der Waals surface area contributed by atoms with Crippen LogP contribution < -0.4 is 5.32 Å². The third-order valence-corrected chi connectivity index (χ3v) is 13.8. The van der Waals surface area contributed by atoms with Gasteiger partial charge in [-0.1, -0.05) is 66.8 Å². The summed E-state index contributed by atoms with van der Waals surface area (Å²) < 4.78 is 0. The van der Waals surface area contributed by atoms with E-state index in [1.807, 2.05) is 6.20 Å². The second-order valence-corrected chi connectivity index (χ2v) is 16.6. The maximum atomic E-state index is 11.9. The van der Waals surface area contributed by atoms with E-state index >= 15 is 0 Å². The zero-order valence-electron chi connectivity index (χ0n) is 30.8. The highest BCUT2D eigenvalue weighted by atomic mass is 16.3. The molecule has 1 spiro atoms. The van der Waals surface area contributed by atoms with Crippen molar-refractivity contribution in [2.75, 3.05) is 6.54 Å². The van der Waals surface area contributed by atoms with Crippen LogP contribution in [0.25, 0.3) is 22.9 Å². The second kappa shape index (κ2) is 13.8. The van der Waals surface area contributed by atoms with E-state index in [9.17, 15) is 30.6 Å². The maximum Gasteiger partial charge on any atom is 0.169 e. The van der Waals surface area contributed by atoms with Gasteiger partial charge in [0.25, 0.3) is 0 Å². The molecule has 5 aromatic rings. The smallest absolute Gasteiger partial charge is 0.169 e. The average Bonchev–Trinajstić information content (AvgIpc) is 3.86. The number of allylic oxidation sites excluding steroid dienone is 2. The molecule has 4 aliphatic rings. The molecule has 2 bridgehead atoms. The number of H-pyrrole nitrogens is 1. The first kappa shape index (κ1) is 35.5. The molecule has 9 rings (SSSR count). The van der Waals surface area contributed by atoms with E-state index in [1.165, 1.54) is 37.5 Å². The van der Waals surface area contributed by atoms with Crippen molar-refractivity contribution in [3.63, 3.8) is 0 Å². The second-order valence-electron chi connectivity index (χ2n) is 16.6. The van der Waals surface area contributed by atoms with Crippen LogP contribution in [-0.4, -0.2) is 53.3 Å². The highest BCUT2D eigenvalue weighted by molar-refractivity contribution is 6.03. The number of rotatable bonds is 10. The number of fused-ring (bicyclic) bond motifs is 2. The number of nitrogens with one attached hydrogen (secondary N) is 2. The Balaban J connectivity index is 0.941. The normalized spacial score (nSPS) is 28.2. The largest absolute Gasteiger partial charge is 0.507 e. The Morgan fingerprint density at radius 2 is 1.62 bits per heavy atom. The molecule has 0 amide bonds. The van der Waals surface area contributed by atoms with Crippen molar-refractivity contribution in [3.8, 4) is 28.7 Å². The molecule has 4 aromatic carbocycles. The van der Waals surface area contributed by atoms with Crippen LogP contribution in [0.15, 0.2) is 85.3 Å². The molecular formula is C46H49N3O6. The van der Waals surface area contributed by atoms with Gasteiger partial charge in [0.15, 0.2) is 23.0 Å². The van der Waals surface area contributed by atoms with Gasteiger partial charge in [-0.2, -0.15) is 0 Å². The number of aromatic hydroxyl groups is 5. The highest BCUT2D eigenvalue weighted by Crippen LogP contribution is 2.70. The lowest BCUT2D eigenvalue weighted by Crippen LogP contribution is -2.65. The number of nitrogens with zero attached hydrogens (tertiary/aromatic N) is 1.